The number of aryl methyl sites for hydroxylation is 1. The van der Waals surface area contributed by atoms with Gasteiger partial charge in [-0.1, -0.05) is 18.2 Å². The molecule has 108 valence electrons. The van der Waals surface area contributed by atoms with Crippen molar-refractivity contribution in [2.24, 2.45) is 0 Å². The van der Waals surface area contributed by atoms with Crippen LogP contribution in [-0.4, -0.2) is 35.0 Å². The van der Waals surface area contributed by atoms with Crippen LogP contribution in [0.2, 0.25) is 0 Å². The molecule has 1 rings (SSSR count). The number of aromatic carboxylic acids is 1. The molecule has 2 N–H and O–H groups in total. The molecule has 0 saturated carbocycles. The number of carboxylic acids is 1. The first kappa shape index (κ1) is 16.3. The first-order valence-corrected chi connectivity index (χ1v) is 7.56. The van der Waals surface area contributed by atoms with E-state index in [2.05, 4.69) is 11.9 Å². The lowest BCUT2D eigenvalue weighted by Crippen LogP contribution is -2.25. The maximum absolute atomic E-state index is 11.6. The van der Waals surface area contributed by atoms with Crippen molar-refractivity contribution in [3.63, 3.8) is 0 Å². The third kappa shape index (κ3) is 6.43. The van der Waals surface area contributed by atoms with Gasteiger partial charge in [-0.2, -0.15) is 11.8 Å². The molecule has 0 heterocycles. The molecule has 0 aliphatic heterocycles. The molecule has 0 saturated heterocycles. The monoisotopic (exact) mass is 293 g/mol. The highest BCUT2D eigenvalue weighted by molar-refractivity contribution is 7.99. The number of nitrogens with one attached hydrogen (secondary N) is 1. The summed E-state index contributed by atoms with van der Waals surface area (Å²) in [6, 6.07) is 6.61. The van der Waals surface area contributed by atoms with Gasteiger partial charge >= 0.3 is 5.97 Å². The fourth-order valence-electron chi connectivity index (χ4n) is 1.59. The van der Waals surface area contributed by atoms with E-state index in [1.807, 2.05) is 6.08 Å². The standard InChI is InChI=1S/C15H19NO3S/c1-2-10-20-11-9-16-14(17)8-5-12-3-6-13(7-4-12)15(18)19/h2-4,6-7H,1,5,8-11H2,(H,16,17)(H,18,19). The molecule has 0 aromatic heterocycles. The van der Waals surface area contributed by atoms with E-state index in [0.717, 1.165) is 17.1 Å². The minimum Gasteiger partial charge on any atom is -0.478 e. The first-order chi connectivity index (χ1) is 9.63. The maximum Gasteiger partial charge on any atom is 0.335 e. The molecule has 20 heavy (non-hydrogen) atoms. The molecule has 4 nitrogen and oxygen atoms in total. The Morgan fingerprint density at radius 3 is 2.60 bits per heavy atom. The third-order valence-electron chi connectivity index (χ3n) is 2.65. The van der Waals surface area contributed by atoms with Crippen LogP contribution in [0.5, 0.6) is 0 Å². The summed E-state index contributed by atoms with van der Waals surface area (Å²) in [6.45, 7) is 4.29. The number of carboxylic acid groups (broad SMARTS) is 1. The van der Waals surface area contributed by atoms with Gasteiger partial charge in [0.25, 0.3) is 0 Å². The van der Waals surface area contributed by atoms with E-state index in [9.17, 15) is 9.59 Å². The fraction of sp³-hybridized carbons (Fsp3) is 0.333. The second kappa shape index (κ2) is 9.20. The van der Waals surface area contributed by atoms with Crippen LogP contribution in [0.15, 0.2) is 36.9 Å². The summed E-state index contributed by atoms with van der Waals surface area (Å²) >= 11 is 1.73. The Bertz CT molecular complexity index is 457. The molecule has 0 spiro atoms. The Kier molecular flexibility index (Phi) is 7.50. The van der Waals surface area contributed by atoms with Crippen LogP contribution in [0.3, 0.4) is 0 Å². The average molecular weight is 293 g/mol. The molecule has 0 unspecified atom stereocenters. The molecule has 0 aliphatic carbocycles. The largest absolute Gasteiger partial charge is 0.478 e. The average Bonchev–Trinajstić information content (AvgIpc) is 2.45. The van der Waals surface area contributed by atoms with Crippen molar-refractivity contribution in [2.75, 3.05) is 18.1 Å². The van der Waals surface area contributed by atoms with Gasteiger partial charge in [-0.05, 0) is 24.1 Å². The van der Waals surface area contributed by atoms with Crippen molar-refractivity contribution in [1.82, 2.24) is 5.32 Å². The topological polar surface area (TPSA) is 66.4 Å². The van der Waals surface area contributed by atoms with Crippen molar-refractivity contribution in [1.29, 1.82) is 0 Å². The van der Waals surface area contributed by atoms with Gasteiger partial charge in [-0.15, -0.1) is 6.58 Å². The second-order valence-corrected chi connectivity index (χ2v) is 5.37. The third-order valence-corrected chi connectivity index (χ3v) is 3.61. The highest BCUT2D eigenvalue weighted by atomic mass is 32.2. The highest BCUT2D eigenvalue weighted by Gasteiger charge is 2.04. The molecule has 1 amide bonds. The van der Waals surface area contributed by atoms with Gasteiger partial charge in [-0.25, -0.2) is 4.79 Å². The van der Waals surface area contributed by atoms with E-state index < -0.39 is 5.97 Å². The van der Waals surface area contributed by atoms with Gasteiger partial charge < -0.3 is 10.4 Å². The molecule has 0 radical (unpaired) electrons. The van der Waals surface area contributed by atoms with Crippen LogP contribution in [0.4, 0.5) is 0 Å². The van der Waals surface area contributed by atoms with Crippen LogP contribution in [-0.2, 0) is 11.2 Å². The summed E-state index contributed by atoms with van der Waals surface area (Å²) in [4.78, 5) is 22.3. The number of hydrogen-bond acceptors (Lipinski definition) is 3. The van der Waals surface area contributed by atoms with E-state index >= 15 is 0 Å². The van der Waals surface area contributed by atoms with Gasteiger partial charge in [0, 0.05) is 24.5 Å². The molecule has 0 atom stereocenters. The van der Waals surface area contributed by atoms with E-state index in [0.29, 0.717) is 19.4 Å². The lowest BCUT2D eigenvalue weighted by atomic mass is 10.1. The van der Waals surface area contributed by atoms with Crippen LogP contribution < -0.4 is 5.32 Å². The fourth-order valence-corrected chi connectivity index (χ4v) is 2.17. The highest BCUT2D eigenvalue weighted by Crippen LogP contribution is 2.07. The van der Waals surface area contributed by atoms with Crippen molar-refractivity contribution in [3.8, 4) is 0 Å². The van der Waals surface area contributed by atoms with Crippen LogP contribution in [0, 0.1) is 0 Å². The zero-order valence-corrected chi connectivity index (χ0v) is 12.1. The van der Waals surface area contributed by atoms with Crippen LogP contribution >= 0.6 is 11.8 Å². The van der Waals surface area contributed by atoms with Gasteiger partial charge in [0.05, 0.1) is 5.56 Å². The zero-order valence-electron chi connectivity index (χ0n) is 11.3. The Morgan fingerprint density at radius 1 is 1.30 bits per heavy atom. The van der Waals surface area contributed by atoms with E-state index in [1.165, 1.54) is 0 Å². The molecular formula is C15H19NO3S. The van der Waals surface area contributed by atoms with Gasteiger partial charge in [0.1, 0.15) is 0 Å². The van der Waals surface area contributed by atoms with Gasteiger partial charge in [0.15, 0.2) is 0 Å². The zero-order chi connectivity index (χ0) is 14.8. The summed E-state index contributed by atoms with van der Waals surface area (Å²) < 4.78 is 0. The Labute approximate surface area is 123 Å². The number of hydrogen-bond donors (Lipinski definition) is 2. The first-order valence-electron chi connectivity index (χ1n) is 6.41. The molecule has 1 aromatic carbocycles. The number of carbonyl (C=O) groups is 2. The van der Waals surface area contributed by atoms with Gasteiger partial charge in [0.2, 0.25) is 5.91 Å². The molecule has 0 fully saturated rings. The SMILES string of the molecule is C=CCSCCNC(=O)CCc1ccc(C(=O)O)cc1. The summed E-state index contributed by atoms with van der Waals surface area (Å²) in [5.41, 5.74) is 1.23. The Morgan fingerprint density at radius 2 is 2.00 bits per heavy atom. The predicted molar refractivity (Wildman–Crippen MR) is 82.3 cm³/mol. The van der Waals surface area contributed by atoms with Crippen molar-refractivity contribution < 1.29 is 14.7 Å². The smallest absolute Gasteiger partial charge is 0.335 e. The van der Waals surface area contributed by atoms with Crippen LogP contribution in [0.25, 0.3) is 0 Å². The number of thioether (sulfide) groups is 1. The van der Waals surface area contributed by atoms with E-state index in [-0.39, 0.29) is 11.5 Å². The Hall–Kier alpha value is -1.75. The van der Waals surface area contributed by atoms with Crippen molar-refractivity contribution in [3.05, 3.63) is 48.0 Å². The minimum atomic E-state index is -0.939. The quantitative estimate of drug-likeness (QED) is 0.542. The van der Waals surface area contributed by atoms with Crippen molar-refractivity contribution >= 4 is 23.6 Å². The van der Waals surface area contributed by atoms with Crippen LogP contribution in [0.1, 0.15) is 22.3 Å². The summed E-state index contributed by atoms with van der Waals surface area (Å²) in [6.07, 6.45) is 2.87. The number of rotatable bonds is 9. The number of carbonyl (C=O) groups excluding carboxylic acids is 1. The molecular weight excluding hydrogens is 274 g/mol. The summed E-state index contributed by atoms with van der Waals surface area (Å²) in [5, 5.41) is 11.6. The second-order valence-electron chi connectivity index (χ2n) is 4.22. The summed E-state index contributed by atoms with van der Waals surface area (Å²) in [7, 11) is 0. The lowest BCUT2D eigenvalue weighted by Gasteiger charge is -2.05. The molecule has 0 aliphatic rings. The minimum absolute atomic E-state index is 0.0199. The lowest BCUT2D eigenvalue weighted by molar-refractivity contribution is -0.120. The molecule has 0 bridgehead atoms. The van der Waals surface area contributed by atoms with E-state index in [1.54, 1.807) is 36.0 Å². The van der Waals surface area contributed by atoms with Gasteiger partial charge in [-0.3, -0.25) is 4.79 Å². The Balaban J connectivity index is 2.23. The normalized spacial score (nSPS) is 10.0. The summed E-state index contributed by atoms with van der Waals surface area (Å²) in [5.74, 6) is 0.856. The predicted octanol–water partition coefficient (Wildman–Crippen LogP) is 2.35. The number of benzene rings is 1. The molecule has 5 heteroatoms. The maximum atomic E-state index is 11.6. The van der Waals surface area contributed by atoms with Crippen molar-refractivity contribution in [2.45, 2.75) is 12.8 Å². The molecule has 1 aromatic rings. The van der Waals surface area contributed by atoms with E-state index in [4.69, 9.17) is 5.11 Å². The number of amides is 1.